The summed E-state index contributed by atoms with van der Waals surface area (Å²) >= 11 is 0. The molecule has 0 aliphatic rings. The second-order valence-electron chi connectivity index (χ2n) is 2.04. The molecule has 0 aliphatic heterocycles. The topological polar surface area (TPSA) is 43.4 Å². The van der Waals surface area contributed by atoms with Gasteiger partial charge in [-0.3, -0.25) is 9.00 Å². The summed E-state index contributed by atoms with van der Waals surface area (Å²) in [6.45, 7) is 0. The summed E-state index contributed by atoms with van der Waals surface area (Å²) < 4.78 is 38.1. The zero-order valence-corrected chi connectivity index (χ0v) is 7.40. The Kier molecular flexibility index (Phi) is 5.79. The Hall–Kier alpha value is -0.520. The molecule has 6 heteroatoms. The minimum Gasteiger partial charge on any atom is -0.468 e. The van der Waals surface area contributed by atoms with Crippen molar-refractivity contribution in [2.75, 3.05) is 18.6 Å². The monoisotopic (exact) mass is 200 g/mol. The Morgan fingerprint density at radius 2 is 2.17 bits per heavy atom. The van der Waals surface area contributed by atoms with Gasteiger partial charge in [0.15, 0.2) is 0 Å². The second-order valence-corrected chi connectivity index (χ2v) is 3.62. The minimum absolute atomic E-state index is 0.160. The molecule has 0 bridgehead atoms. The van der Waals surface area contributed by atoms with Gasteiger partial charge in [0, 0.05) is 23.0 Å². The van der Waals surface area contributed by atoms with Crippen molar-refractivity contribution in [3.8, 4) is 0 Å². The van der Waals surface area contributed by atoms with Crippen molar-refractivity contribution in [2.24, 2.45) is 0 Å². The van der Waals surface area contributed by atoms with Crippen LogP contribution in [0.4, 0.5) is 8.78 Å². The van der Waals surface area contributed by atoms with Crippen LogP contribution in [-0.2, 0) is 20.3 Å². The minimum atomic E-state index is -2.47. The van der Waals surface area contributed by atoms with Crippen LogP contribution >= 0.6 is 0 Å². The van der Waals surface area contributed by atoms with Crippen molar-refractivity contribution in [1.82, 2.24) is 0 Å². The van der Waals surface area contributed by atoms with Crippen molar-refractivity contribution in [3.63, 3.8) is 0 Å². The maximum absolute atomic E-state index is 11.6. The maximum Gasteiger partial charge on any atom is 0.318 e. The third-order valence-electron chi connectivity index (χ3n) is 1.07. The largest absolute Gasteiger partial charge is 0.468 e. The molecule has 3 nitrogen and oxygen atoms in total. The van der Waals surface area contributed by atoms with Gasteiger partial charge in [-0.25, -0.2) is 8.78 Å². The van der Waals surface area contributed by atoms with E-state index >= 15 is 0 Å². The highest BCUT2D eigenvalue weighted by molar-refractivity contribution is 7.85. The van der Waals surface area contributed by atoms with E-state index in [-0.39, 0.29) is 11.5 Å². The lowest BCUT2D eigenvalue weighted by Gasteiger charge is -1.99. The molecule has 0 heterocycles. The van der Waals surface area contributed by atoms with Gasteiger partial charge in [0.25, 0.3) is 0 Å². The van der Waals surface area contributed by atoms with Crippen LogP contribution in [0.1, 0.15) is 6.42 Å². The van der Waals surface area contributed by atoms with Crippen LogP contribution in [0.3, 0.4) is 0 Å². The highest BCUT2D eigenvalue weighted by Gasteiger charge is 2.10. The number of hydrogen-bond donors (Lipinski definition) is 0. The zero-order valence-electron chi connectivity index (χ0n) is 6.59. The lowest BCUT2D eigenvalue weighted by Crippen LogP contribution is -2.15. The molecule has 0 aromatic carbocycles. The third kappa shape index (κ3) is 6.21. The number of esters is 1. The predicted octanol–water partition coefficient (Wildman–Crippen LogP) is 0.563. The van der Waals surface area contributed by atoms with Crippen LogP contribution in [0.2, 0.25) is 0 Å². The van der Waals surface area contributed by atoms with E-state index in [4.69, 9.17) is 0 Å². The Balaban J connectivity index is 3.53. The summed E-state index contributed by atoms with van der Waals surface area (Å²) in [5.74, 6) is -1.10. The van der Waals surface area contributed by atoms with Crippen molar-refractivity contribution in [2.45, 2.75) is 12.8 Å². The first-order chi connectivity index (χ1) is 5.56. The van der Waals surface area contributed by atoms with Gasteiger partial charge in [-0.2, -0.15) is 0 Å². The van der Waals surface area contributed by atoms with Crippen molar-refractivity contribution in [1.29, 1.82) is 0 Å². The molecule has 0 aromatic rings. The first kappa shape index (κ1) is 11.5. The fraction of sp³-hybridized carbons (Fsp3) is 0.833. The number of carbonyl (C=O) groups excluding carboxylic acids is 1. The number of alkyl halides is 2. The Morgan fingerprint density at radius 1 is 1.58 bits per heavy atom. The van der Waals surface area contributed by atoms with Gasteiger partial charge in [-0.15, -0.1) is 0 Å². The van der Waals surface area contributed by atoms with Crippen molar-refractivity contribution >= 4 is 16.8 Å². The second kappa shape index (κ2) is 6.05. The number of halogens is 2. The van der Waals surface area contributed by atoms with E-state index in [1.165, 1.54) is 0 Å². The van der Waals surface area contributed by atoms with Crippen LogP contribution in [0.25, 0.3) is 0 Å². The molecule has 0 saturated carbocycles. The fourth-order valence-electron chi connectivity index (χ4n) is 0.483. The van der Waals surface area contributed by atoms with Gasteiger partial charge in [0.2, 0.25) is 6.43 Å². The molecule has 0 radical (unpaired) electrons. The number of ether oxygens (including phenoxy) is 1. The number of hydrogen-bond acceptors (Lipinski definition) is 3. The van der Waals surface area contributed by atoms with E-state index in [9.17, 15) is 17.8 Å². The SMILES string of the molecule is COC(=O)CS(=O)CCC(F)F. The summed E-state index contributed by atoms with van der Waals surface area (Å²) in [6.07, 6.45) is -2.91. The zero-order chi connectivity index (χ0) is 9.56. The Morgan fingerprint density at radius 3 is 2.58 bits per heavy atom. The van der Waals surface area contributed by atoms with Gasteiger partial charge in [-0.05, 0) is 0 Å². The summed E-state index contributed by atoms with van der Waals surface area (Å²) in [6, 6.07) is 0. The van der Waals surface area contributed by atoms with Crippen LogP contribution in [-0.4, -0.2) is 35.2 Å². The first-order valence-corrected chi connectivity index (χ1v) is 4.75. The molecule has 1 unspecified atom stereocenters. The molecular weight excluding hydrogens is 190 g/mol. The molecule has 0 saturated heterocycles. The number of methoxy groups -OCH3 is 1. The van der Waals surface area contributed by atoms with Gasteiger partial charge in [-0.1, -0.05) is 0 Å². The smallest absolute Gasteiger partial charge is 0.318 e. The van der Waals surface area contributed by atoms with Gasteiger partial charge in [0.05, 0.1) is 7.11 Å². The fourth-order valence-corrected chi connectivity index (χ4v) is 1.45. The van der Waals surface area contributed by atoms with Crippen LogP contribution in [0.5, 0.6) is 0 Å². The van der Waals surface area contributed by atoms with Gasteiger partial charge >= 0.3 is 5.97 Å². The Labute approximate surface area is 71.5 Å². The molecule has 0 fully saturated rings. The summed E-state index contributed by atoms with van der Waals surface area (Å²) in [5.41, 5.74) is 0. The summed E-state index contributed by atoms with van der Waals surface area (Å²) in [5, 5.41) is 0. The summed E-state index contributed by atoms with van der Waals surface area (Å²) in [7, 11) is -0.366. The van der Waals surface area contributed by atoms with E-state index in [2.05, 4.69) is 4.74 Å². The van der Waals surface area contributed by atoms with E-state index in [1.54, 1.807) is 0 Å². The molecule has 0 amide bonds. The number of carbonyl (C=O) groups is 1. The molecule has 0 N–H and O–H groups in total. The predicted molar refractivity (Wildman–Crippen MR) is 40.5 cm³/mol. The molecule has 0 spiro atoms. The average Bonchev–Trinajstić information content (AvgIpc) is 2.00. The third-order valence-corrected chi connectivity index (χ3v) is 2.32. The Bertz CT molecular complexity index is 172. The van der Waals surface area contributed by atoms with Crippen molar-refractivity contribution < 1.29 is 22.5 Å². The standard InChI is InChI=1S/C6H10F2O3S/c1-11-6(9)4-12(10)3-2-5(7)8/h5H,2-4H2,1H3. The highest BCUT2D eigenvalue weighted by Crippen LogP contribution is 2.00. The van der Waals surface area contributed by atoms with E-state index in [0.717, 1.165) is 7.11 Å². The highest BCUT2D eigenvalue weighted by atomic mass is 32.2. The lowest BCUT2D eigenvalue weighted by atomic mass is 10.5. The first-order valence-electron chi connectivity index (χ1n) is 3.26. The normalized spacial score (nSPS) is 13.0. The maximum atomic E-state index is 11.6. The lowest BCUT2D eigenvalue weighted by molar-refractivity contribution is -0.137. The van der Waals surface area contributed by atoms with Crippen LogP contribution < -0.4 is 0 Å². The van der Waals surface area contributed by atoms with Crippen molar-refractivity contribution in [3.05, 3.63) is 0 Å². The average molecular weight is 200 g/mol. The quantitative estimate of drug-likeness (QED) is 0.609. The molecule has 72 valence electrons. The number of rotatable bonds is 5. The van der Waals surface area contributed by atoms with Gasteiger partial charge in [0.1, 0.15) is 5.75 Å². The molecular formula is C6H10F2O3S. The van der Waals surface area contributed by atoms with E-state index in [1.807, 2.05) is 0 Å². The molecule has 0 aromatic heterocycles. The molecule has 0 aliphatic carbocycles. The summed E-state index contributed by atoms with van der Waals surface area (Å²) in [4.78, 5) is 10.5. The molecule has 1 atom stereocenters. The van der Waals surface area contributed by atoms with E-state index < -0.39 is 29.6 Å². The molecule has 12 heavy (non-hydrogen) atoms. The van der Waals surface area contributed by atoms with E-state index in [0.29, 0.717) is 0 Å². The molecule has 0 rings (SSSR count). The van der Waals surface area contributed by atoms with Crippen LogP contribution in [0, 0.1) is 0 Å². The van der Waals surface area contributed by atoms with Crippen LogP contribution in [0.15, 0.2) is 0 Å². The van der Waals surface area contributed by atoms with Gasteiger partial charge < -0.3 is 4.74 Å².